The standard InChI is InChI=1S/C17H27BrN2/c1-4-17(2)7-9-20(10-8-17)13-15-6-5-14(12-19-3)11-16(15)18/h5-6,11,19H,4,7-10,12-13H2,1-3H3. The molecule has 1 aliphatic rings. The third kappa shape index (κ3) is 4.06. The van der Waals surface area contributed by atoms with Crippen molar-refractivity contribution in [1.82, 2.24) is 10.2 Å². The Morgan fingerprint density at radius 2 is 2.00 bits per heavy atom. The van der Waals surface area contributed by atoms with Gasteiger partial charge in [0.2, 0.25) is 0 Å². The van der Waals surface area contributed by atoms with E-state index in [-0.39, 0.29) is 0 Å². The predicted octanol–water partition coefficient (Wildman–Crippen LogP) is 4.18. The third-order valence-corrected chi connectivity index (χ3v) is 5.55. The highest BCUT2D eigenvalue weighted by Crippen LogP contribution is 2.34. The summed E-state index contributed by atoms with van der Waals surface area (Å²) < 4.78 is 1.24. The highest BCUT2D eigenvalue weighted by atomic mass is 79.9. The van der Waals surface area contributed by atoms with Gasteiger partial charge in [0.1, 0.15) is 0 Å². The van der Waals surface area contributed by atoms with Crippen molar-refractivity contribution in [2.75, 3.05) is 20.1 Å². The lowest BCUT2D eigenvalue weighted by Crippen LogP contribution is -2.37. The van der Waals surface area contributed by atoms with Gasteiger partial charge in [0.05, 0.1) is 0 Å². The van der Waals surface area contributed by atoms with Crippen molar-refractivity contribution < 1.29 is 0 Å². The van der Waals surface area contributed by atoms with Crippen LogP contribution >= 0.6 is 15.9 Å². The zero-order valence-corrected chi connectivity index (χ0v) is 14.6. The van der Waals surface area contributed by atoms with E-state index in [1.165, 1.54) is 48.0 Å². The van der Waals surface area contributed by atoms with E-state index >= 15 is 0 Å². The Kier molecular flexibility index (Phi) is 5.65. The molecule has 0 saturated carbocycles. The van der Waals surface area contributed by atoms with Crippen LogP contribution in [-0.2, 0) is 13.1 Å². The smallest absolute Gasteiger partial charge is 0.0244 e. The van der Waals surface area contributed by atoms with Gasteiger partial charge in [-0.15, -0.1) is 0 Å². The first-order valence-electron chi connectivity index (χ1n) is 7.70. The summed E-state index contributed by atoms with van der Waals surface area (Å²) in [7, 11) is 1.99. The second-order valence-corrected chi connectivity index (χ2v) is 7.25. The first-order valence-corrected chi connectivity index (χ1v) is 8.50. The lowest BCUT2D eigenvalue weighted by molar-refractivity contribution is 0.109. The number of likely N-dealkylation sites (tertiary alicyclic amines) is 1. The molecule has 1 fully saturated rings. The van der Waals surface area contributed by atoms with Crippen molar-refractivity contribution in [3.8, 4) is 0 Å². The van der Waals surface area contributed by atoms with Crippen LogP contribution in [0.2, 0.25) is 0 Å². The molecule has 0 aromatic heterocycles. The Labute approximate surface area is 132 Å². The fraction of sp³-hybridized carbons (Fsp3) is 0.647. The number of hydrogen-bond donors (Lipinski definition) is 1. The summed E-state index contributed by atoms with van der Waals surface area (Å²) in [5.74, 6) is 0. The largest absolute Gasteiger partial charge is 0.316 e. The van der Waals surface area contributed by atoms with Crippen LogP contribution in [0.4, 0.5) is 0 Å². The van der Waals surface area contributed by atoms with Gasteiger partial charge in [-0.05, 0) is 55.6 Å². The van der Waals surface area contributed by atoms with Gasteiger partial charge in [0.25, 0.3) is 0 Å². The molecule has 3 heteroatoms. The quantitative estimate of drug-likeness (QED) is 0.866. The van der Waals surface area contributed by atoms with E-state index in [9.17, 15) is 0 Å². The number of hydrogen-bond acceptors (Lipinski definition) is 2. The molecule has 0 spiro atoms. The average molecular weight is 339 g/mol. The van der Waals surface area contributed by atoms with Crippen molar-refractivity contribution in [2.45, 2.75) is 46.2 Å². The minimum atomic E-state index is 0.574. The molecule has 1 aliphatic heterocycles. The van der Waals surface area contributed by atoms with Crippen molar-refractivity contribution in [1.29, 1.82) is 0 Å². The number of nitrogens with one attached hydrogen (secondary N) is 1. The Balaban J connectivity index is 1.94. The van der Waals surface area contributed by atoms with Crippen LogP contribution in [-0.4, -0.2) is 25.0 Å². The number of rotatable bonds is 5. The monoisotopic (exact) mass is 338 g/mol. The van der Waals surface area contributed by atoms with Crippen molar-refractivity contribution in [3.05, 3.63) is 33.8 Å². The third-order valence-electron chi connectivity index (χ3n) is 4.81. The van der Waals surface area contributed by atoms with E-state index in [1.54, 1.807) is 0 Å². The normalized spacial score (nSPS) is 19.2. The number of piperidine rings is 1. The maximum absolute atomic E-state index is 3.73. The molecule has 2 rings (SSSR count). The molecule has 1 aromatic carbocycles. The van der Waals surface area contributed by atoms with E-state index in [1.807, 2.05) is 7.05 Å². The van der Waals surface area contributed by atoms with Gasteiger partial charge in [0, 0.05) is 17.6 Å². The van der Waals surface area contributed by atoms with Crippen LogP contribution in [0.3, 0.4) is 0 Å². The van der Waals surface area contributed by atoms with Crippen molar-refractivity contribution >= 4 is 15.9 Å². The summed E-state index contributed by atoms with van der Waals surface area (Å²) in [5.41, 5.74) is 3.31. The summed E-state index contributed by atoms with van der Waals surface area (Å²) in [6, 6.07) is 6.74. The van der Waals surface area contributed by atoms with Gasteiger partial charge < -0.3 is 5.32 Å². The van der Waals surface area contributed by atoms with Crippen LogP contribution in [0.5, 0.6) is 0 Å². The summed E-state index contributed by atoms with van der Waals surface area (Å²) >= 11 is 3.73. The minimum Gasteiger partial charge on any atom is -0.316 e. The minimum absolute atomic E-state index is 0.574. The molecule has 0 atom stereocenters. The summed E-state index contributed by atoms with van der Waals surface area (Å²) in [5, 5.41) is 3.20. The zero-order valence-electron chi connectivity index (χ0n) is 13.0. The Morgan fingerprint density at radius 3 is 2.55 bits per heavy atom. The molecule has 0 bridgehead atoms. The molecule has 1 saturated heterocycles. The van der Waals surface area contributed by atoms with Gasteiger partial charge in [-0.3, -0.25) is 4.90 Å². The Bertz CT molecular complexity index is 437. The van der Waals surface area contributed by atoms with E-state index in [0.29, 0.717) is 5.41 Å². The summed E-state index contributed by atoms with van der Waals surface area (Å²) in [4.78, 5) is 2.59. The molecular formula is C17H27BrN2. The fourth-order valence-corrected chi connectivity index (χ4v) is 3.43. The first-order chi connectivity index (χ1) is 9.56. The molecule has 0 amide bonds. The molecule has 112 valence electrons. The molecule has 0 radical (unpaired) electrons. The van der Waals surface area contributed by atoms with E-state index < -0.39 is 0 Å². The number of benzene rings is 1. The van der Waals surface area contributed by atoms with Crippen LogP contribution in [0.1, 0.15) is 44.2 Å². The second-order valence-electron chi connectivity index (χ2n) is 6.40. The van der Waals surface area contributed by atoms with Crippen LogP contribution in [0.25, 0.3) is 0 Å². The number of halogens is 1. The number of nitrogens with zero attached hydrogens (tertiary/aromatic N) is 1. The SMILES string of the molecule is CCC1(C)CCN(Cc2ccc(CNC)cc2Br)CC1. The lowest BCUT2D eigenvalue weighted by atomic mass is 9.78. The highest BCUT2D eigenvalue weighted by molar-refractivity contribution is 9.10. The van der Waals surface area contributed by atoms with Gasteiger partial charge in [-0.2, -0.15) is 0 Å². The maximum atomic E-state index is 3.73. The molecule has 20 heavy (non-hydrogen) atoms. The predicted molar refractivity (Wildman–Crippen MR) is 89.8 cm³/mol. The molecule has 1 aromatic rings. The van der Waals surface area contributed by atoms with E-state index in [0.717, 1.165) is 13.1 Å². The fourth-order valence-electron chi connectivity index (χ4n) is 2.88. The van der Waals surface area contributed by atoms with Crippen molar-refractivity contribution in [3.63, 3.8) is 0 Å². The van der Waals surface area contributed by atoms with Gasteiger partial charge >= 0.3 is 0 Å². The van der Waals surface area contributed by atoms with E-state index in [2.05, 4.69) is 58.2 Å². The molecular weight excluding hydrogens is 312 g/mol. The topological polar surface area (TPSA) is 15.3 Å². The molecule has 2 nitrogen and oxygen atoms in total. The average Bonchev–Trinajstić information content (AvgIpc) is 2.45. The van der Waals surface area contributed by atoms with Crippen LogP contribution < -0.4 is 5.32 Å². The van der Waals surface area contributed by atoms with Crippen LogP contribution in [0.15, 0.2) is 22.7 Å². The first kappa shape index (κ1) is 16.0. The maximum Gasteiger partial charge on any atom is 0.0244 e. The molecule has 1 heterocycles. The van der Waals surface area contributed by atoms with E-state index in [4.69, 9.17) is 0 Å². The Morgan fingerprint density at radius 1 is 1.30 bits per heavy atom. The molecule has 0 unspecified atom stereocenters. The zero-order chi connectivity index (χ0) is 14.6. The lowest BCUT2D eigenvalue weighted by Gasteiger charge is -2.39. The summed E-state index contributed by atoms with van der Waals surface area (Å²) in [6.45, 7) is 9.22. The van der Waals surface area contributed by atoms with Gasteiger partial charge in [0.15, 0.2) is 0 Å². The molecule has 1 N–H and O–H groups in total. The summed E-state index contributed by atoms with van der Waals surface area (Å²) in [6.07, 6.45) is 3.97. The molecule has 0 aliphatic carbocycles. The van der Waals surface area contributed by atoms with Gasteiger partial charge in [-0.1, -0.05) is 48.3 Å². The highest BCUT2D eigenvalue weighted by Gasteiger charge is 2.28. The Hall–Kier alpha value is -0.380. The second kappa shape index (κ2) is 7.06. The van der Waals surface area contributed by atoms with Crippen LogP contribution in [0, 0.1) is 5.41 Å². The van der Waals surface area contributed by atoms with Gasteiger partial charge in [-0.25, -0.2) is 0 Å². The van der Waals surface area contributed by atoms with Crippen molar-refractivity contribution in [2.24, 2.45) is 5.41 Å².